The van der Waals surface area contributed by atoms with Crippen molar-refractivity contribution in [2.24, 2.45) is 0 Å². The summed E-state index contributed by atoms with van der Waals surface area (Å²) in [4.78, 5) is 14.7. The van der Waals surface area contributed by atoms with Crippen LogP contribution in [-0.4, -0.2) is 49.0 Å². The zero-order valence-corrected chi connectivity index (χ0v) is 21.6. The van der Waals surface area contributed by atoms with Crippen molar-refractivity contribution >= 4 is 17.9 Å². The molecular formula is C29H36N2O2S. The van der Waals surface area contributed by atoms with Crippen LogP contribution in [0, 0.1) is 0 Å². The van der Waals surface area contributed by atoms with Crippen LogP contribution in [0.25, 0.3) is 0 Å². The normalized spacial score (nSPS) is 12.9. The molecule has 3 rings (SSSR count). The number of nitrogens with one attached hydrogen (secondary N) is 1. The zero-order chi connectivity index (χ0) is 24.6. The molecule has 1 amide bonds. The molecule has 3 aromatic rings. The lowest BCUT2D eigenvalue weighted by Gasteiger charge is -2.37. The number of nitrogens with zero attached hydrogens (tertiary/aromatic N) is 1. The van der Waals surface area contributed by atoms with Gasteiger partial charge in [-0.05, 0) is 51.6 Å². The van der Waals surface area contributed by atoms with Gasteiger partial charge >= 0.3 is 6.09 Å². The largest absolute Gasteiger partial charge is 0.444 e. The van der Waals surface area contributed by atoms with Gasteiger partial charge in [0.25, 0.3) is 0 Å². The van der Waals surface area contributed by atoms with E-state index in [2.05, 4.69) is 83.0 Å². The van der Waals surface area contributed by atoms with Crippen LogP contribution < -0.4 is 5.32 Å². The van der Waals surface area contributed by atoms with Gasteiger partial charge in [-0.2, -0.15) is 0 Å². The van der Waals surface area contributed by atoms with E-state index in [4.69, 9.17) is 4.74 Å². The number of benzene rings is 3. The Morgan fingerprint density at radius 2 is 1.24 bits per heavy atom. The van der Waals surface area contributed by atoms with Gasteiger partial charge in [0.05, 0.1) is 10.8 Å². The molecule has 180 valence electrons. The van der Waals surface area contributed by atoms with Gasteiger partial charge in [-0.1, -0.05) is 91.0 Å². The molecule has 1 atom stereocenters. The number of hydrogen-bond donors (Lipinski definition) is 1. The highest BCUT2D eigenvalue weighted by Gasteiger charge is 2.37. The summed E-state index contributed by atoms with van der Waals surface area (Å²) in [6.45, 7) is 6.36. The van der Waals surface area contributed by atoms with Crippen molar-refractivity contribution in [1.82, 2.24) is 10.2 Å². The predicted octanol–water partition coefficient (Wildman–Crippen LogP) is 6.17. The number of likely N-dealkylation sites (N-methyl/N-ethyl adjacent to an activating group) is 1. The smallest absolute Gasteiger partial charge is 0.407 e. The van der Waals surface area contributed by atoms with Crippen molar-refractivity contribution in [1.29, 1.82) is 0 Å². The summed E-state index contributed by atoms with van der Waals surface area (Å²) in [5.74, 6) is 0.704. The fourth-order valence-electron chi connectivity index (χ4n) is 4.05. The Morgan fingerprint density at radius 1 is 0.824 bits per heavy atom. The van der Waals surface area contributed by atoms with Crippen LogP contribution in [0.4, 0.5) is 4.79 Å². The van der Waals surface area contributed by atoms with E-state index in [1.165, 1.54) is 16.7 Å². The average molecular weight is 477 g/mol. The highest BCUT2D eigenvalue weighted by molar-refractivity contribution is 8.00. The molecule has 0 saturated carbocycles. The molecule has 0 radical (unpaired) electrons. The zero-order valence-electron chi connectivity index (χ0n) is 20.8. The first-order valence-electron chi connectivity index (χ1n) is 11.7. The monoisotopic (exact) mass is 476 g/mol. The summed E-state index contributed by atoms with van der Waals surface area (Å²) < 4.78 is 5.13. The SMILES string of the molecule is CN(C)CC(CSC(c1ccccc1)(c1ccccc1)c1ccccc1)NC(=O)OC(C)(C)C. The van der Waals surface area contributed by atoms with Crippen molar-refractivity contribution in [3.05, 3.63) is 108 Å². The molecule has 0 aromatic heterocycles. The molecule has 0 aliphatic heterocycles. The third-order valence-corrected chi connectivity index (χ3v) is 7.06. The summed E-state index contributed by atoms with van der Waals surface area (Å²) in [6.07, 6.45) is -0.385. The van der Waals surface area contributed by atoms with Crippen LogP contribution in [0.1, 0.15) is 37.5 Å². The van der Waals surface area contributed by atoms with Crippen LogP contribution in [0.2, 0.25) is 0 Å². The van der Waals surface area contributed by atoms with Gasteiger partial charge in [0.15, 0.2) is 0 Å². The van der Waals surface area contributed by atoms with Gasteiger partial charge in [0.1, 0.15) is 5.60 Å². The Morgan fingerprint density at radius 3 is 1.59 bits per heavy atom. The van der Waals surface area contributed by atoms with Crippen LogP contribution in [-0.2, 0) is 9.48 Å². The maximum absolute atomic E-state index is 12.6. The predicted molar refractivity (Wildman–Crippen MR) is 143 cm³/mol. The van der Waals surface area contributed by atoms with E-state index in [0.29, 0.717) is 12.3 Å². The lowest BCUT2D eigenvalue weighted by molar-refractivity contribution is 0.0503. The van der Waals surface area contributed by atoms with Gasteiger partial charge in [0.2, 0.25) is 0 Å². The molecule has 1 unspecified atom stereocenters. The number of carbonyl (C=O) groups excluding carboxylic acids is 1. The van der Waals surface area contributed by atoms with Crippen LogP contribution in [0.3, 0.4) is 0 Å². The first kappa shape index (κ1) is 25.9. The Balaban J connectivity index is 2.01. The van der Waals surface area contributed by atoms with Crippen molar-refractivity contribution in [2.45, 2.75) is 37.2 Å². The van der Waals surface area contributed by atoms with Crippen molar-refractivity contribution in [3.8, 4) is 0 Å². The second kappa shape index (κ2) is 11.6. The Bertz CT molecular complexity index is 922. The summed E-state index contributed by atoms with van der Waals surface area (Å²) >= 11 is 1.84. The van der Waals surface area contributed by atoms with E-state index < -0.39 is 10.3 Å². The molecular weight excluding hydrogens is 440 g/mol. The minimum absolute atomic E-state index is 0.0923. The quantitative estimate of drug-likeness (QED) is 0.375. The molecule has 4 nitrogen and oxygen atoms in total. The van der Waals surface area contributed by atoms with E-state index >= 15 is 0 Å². The minimum Gasteiger partial charge on any atom is -0.444 e. The van der Waals surface area contributed by atoms with Crippen LogP contribution >= 0.6 is 11.8 Å². The molecule has 1 N–H and O–H groups in total. The third kappa shape index (κ3) is 6.87. The number of hydrogen-bond acceptors (Lipinski definition) is 4. The lowest BCUT2D eigenvalue weighted by Crippen LogP contribution is -2.46. The second-order valence-electron chi connectivity index (χ2n) is 9.70. The highest BCUT2D eigenvalue weighted by Crippen LogP contribution is 2.48. The highest BCUT2D eigenvalue weighted by atomic mass is 32.2. The first-order chi connectivity index (χ1) is 16.2. The molecule has 0 aliphatic rings. The van der Waals surface area contributed by atoms with E-state index in [9.17, 15) is 4.79 Å². The molecule has 0 aliphatic carbocycles. The van der Waals surface area contributed by atoms with Gasteiger partial charge in [0, 0.05) is 12.3 Å². The fourth-order valence-corrected chi connectivity index (χ4v) is 5.60. The molecule has 34 heavy (non-hydrogen) atoms. The number of alkyl carbamates (subject to hydrolysis) is 1. The molecule has 0 saturated heterocycles. The van der Waals surface area contributed by atoms with Gasteiger partial charge in [-0.25, -0.2) is 4.79 Å². The lowest BCUT2D eigenvalue weighted by atomic mass is 9.84. The number of amides is 1. The Kier molecular flexibility index (Phi) is 8.81. The Labute approximate surface area is 208 Å². The van der Waals surface area contributed by atoms with E-state index in [0.717, 1.165) is 0 Å². The van der Waals surface area contributed by atoms with Crippen LogP contribution in [0.15, 0.2) is 91.0 Å². The average Bonchev–Trinajstić information content (AvgIpc) is 2.80. The maximum Gasteiger partial charge on any atom is 0.407 e. The fraction of sp³-hybridized carbons (Fsp3) is 0.345. The maximum atomic E-state index is 12.6. The van der Waals surface area contributed by atoms with Crippen molar-refractivity contribution in [3.63, 3.8) is 0 Å². The van der Waals surface area contributed by atoms with Gasteiger partial charge in [-0.15, -0.1) is 11.8 Å². The first-order valence-corrected chi connectivity index (χ1v) is 12.6. The number of carbonyl (C=O) groups is 1. The summed E-state index contributed by atoms with van der Waals surface area (Å²) in [7, 11) is 4.04. The summed E-state index contributed by atoms with van der Waals surface area (Å²) in [5, 5.41) is 3.11. The topological polar surface area (TPSA) is 41.6 Å². The van der Waals surface area contributed by atoms with Crippen molar-refractivity contribution < 1.29 is 9.53 Å². The van der Waals surface area contributed by atoms with E-state index in [-0.39, 0.29) is 12.1 Å². The van der Waals surface area contributed by atoms with Crippen molar-refractivity contribution in [2.75, 3.05) is 26.4 Å². The molecule has 0 fully saturated rings. The minimum atomic E-state index is -0.540. The number of thioether (sulfide) groups is 1. The van der Waals surface area contributed by atoms with E-state index in [1.807, 2.05) is 64.8 Å². The molecule has 0 bridgehead atoms. The number of ether oxygens (including phenoxy) is 1. The Hall–Kier alpha value is -2.76. The molecule has 0 spiro atoms. The van der Waals surface area contributed by atoms with Crippen LogP contribution in [0.5, 0.6) is 0 Å². The third-order valence-electron chi connectivity index (χ3n) is 5.35. The molecule has 5 heteroatoms. The molecule has 0 heterocycles. The second-order valence-corrected chi connectivity index (χ2v) is 10.9. The summed E-state index contributed by atoms with van der Waals surface area (Å²) in [6, 6.07) is 31.7. The van der Waals surface area contributed by atoms with Gasteiger partial charge < -0.3 is 15.0 Å². The van der Waals surface area contributed by atoms with E-state index in [1.54, 1.807) is 0 Å². The molecule has 3 aromatic carbocycles. The number of rotatable bonds is 9. The standard InChI is InChI=1S/C29H36N2O2S/c1-28(2,3)33-27(32)30-26(21-31(4)5)22-34-29(23-15-9-6-10-16-23,24-17-11-7-12-18-24)25-19-13-8-14-20-25/h6-20,26H,21-22H2,1-5H3,(H,30,32). The summed E-state index contributed by atoms with van der Waals surface area (Å²) in [5.41, 5.74) is 3.08. The van der Waals surface area contributed by atoms with Gasteiger partial charge in [-0.3, -0.25) is 0 Å².